The maximum Gasteiger partial charge on any atom is 0.178 e. The molecule has 0 saturated carbocycles. The maximum absolute atomic E-state index is 6.26. The zero-order valence-corrected chi connectivity index (χ0v) is 13.7. The van der Waals surface area contributed by atoms with Crippen LogP contribution in [0.1, 0.15) is 32.5 Å². The van der Waals surface area contributed by atoms with Gasteiger partial charge in [0, 0.05) is 19.6 Å². The Kier molecular flexibility index (Phi) is 3.69. The van der Waals surface area contributed by atoms with Gasteiger partial charge in [-0.15, -0.1) is 15.3 Å². The van der Waals surface area contributed by atoms with Gasteiger partial charge in [0.2, 0.25) is 0 Å². The first kappa shape index (κ1) is 14.8. The minimum Gasteiger partial charge on any atom is -0.378 e. The normalized spacial score (nSPS) is 28.6. The van der Waals surface area contributed by atoms with Gasteiger partial charge in [0.15, 0.2) is 11.5 Å². The van der Waals surface area contributed by atoms with Crippen molar-refractivity contribution in [2.75, 3.05) is 31.2 Å². The lowest BCUT2D eigenvalue weighted by molar-refractivity contribution is -0.160. The van der Waals surface area contributed by atoms with Crippen molar-refractivity contribution in [3.8, 4) is 0 Å². The SMILES string of the molecule is CCc1nnc2ccc(N3C[C@H](C)O[C@@]4(CCCOC4)C3)nn12. The van der Waals surface area contributed by atoms with Crippen LogP contribution in [0.5, 0.6) is 0 Å². The smallest absolute Gasteiger partial charge is 0.178 e. The molecule has 7 heteroatoms. The summed E-state index contributed by atoms with van der Waals surface area (Å²) in [5.41, 5.74) is 0.593. The standard InChI is InChI=1S/C16H23N5O2/c1-3-13-17-18-14-5-6-15(19-21(13)14)20-9-12(2)23-16(10-20)7-4-8-22-11-16/h5-6,12H,3-4,7-11H2,1-2H3/t12-,16-/m0/s1. The second kappa shape index (κ2) is 5.72. The molecule has 0 bridgehead atoms. The van der Waals surface area contributed by atoms with Gasteiger partial charge >= 0.3 is 0 Å². The van der Waals surface area contributed by atoms with Crippen LogP contribution in [0.2, 0.25) is 0 Å². The fourth-order valence-corrected chi connectivity index (χ4v) is 3.66. The molecule has 0 aliphatic carbocycles. The highest BCUT2D eigenvalue weighted by Crippen LogP contribution is 2.31. The Hall–Kier alpha value is -1.73. The van der Waals surface area contributed by atoms with Crippen LogP contribution in [0, 0.1) is 0 Å². The molecule has 0 aromatic carbocycles. The first-order valence-corrected chi connectivity index (χ1v) is 8.41. The molecule has 0 N–H and O–H groups in total. The summed E-state index contributed by atoms with van der Waals surface area (Å²) < 4.78 is 13.8. The van der Waals surface area contributed by atoms with Crippen molar-refractivity contribution in [3.63, 3.8) is 0 Å². The van der Waals surface area contributed by atoms with Crippen LogP contribution in [0.15, 0.2) is 12.1 Å². The van der Waals surface area contributed by atoms with Crippen molar-refractivity contribution >= 4 is 11.5 Å². The molecule has 7 nitrogen and oxygen atoms in total. The molecular formula is C16H23N5O2. The Bertz CT molecular complexity index is 695. The third-order valence-corrected chi connectivity index (χ3v) is 4.65. The monoisotopic (exact) mass is 317 g/mol. The highest BCUT2D eigenvalue weighted by atomic mass is 16.6. The van der Waals surface area contributed by atoms with Gasteiger partial charge in [0.05, 0.1) is 19.3 Å². The Morgan fingerprint density at radius 1 is 1.35 bits per heavy atom. The lowest BCUT2D eigenvalue weighted by atomic mass is 9.93. The van der Waals surface area contributed by atoms with Gasteiger partial charge in [0.25, 0.3) is 0 Å². The van der Waals surface area contributed by atoms with E-state index in [1.807, 2.05) is 16.6 Å². The van der Waals surface area contributed by atoms with Gasteiger partial charge in [-0.2, -0.15) is 4.52 Å². The first-order valence-electron chi connectivity index (χ1n) is 8.41. The van der Waals surface area contributed by atoms with E-state index in [4.69, 9.17) is 14.6 Å². The van der Waals surface area contributed by atoms with E-state index >= 15 is 0 Å². The Morgan fingerprint density at radius 2 is 2.26 bits per heavy atom. The highest BCUT2D eigenvalue weighted by Gasteiger charge is 2.41. The van der Waals surface area contributed by atoms with E-state index < -0.39 is 0 Å². The fourth-order valence-electron chi connectivity index (χ4n) is 3.66. The predicted octanol–water partition coefficient (Wildman–Crippen LogP) is 1.46. The van der Waals surface area contributed by atoms with Gasteiger partial charge in [-0.05, 0) is 31.9 Å². The fraction of sp³-hybridized carbons (Fsp3) is 0.688. The van der Waals surface area contributed by atoms with Gasteiger partial charge in [-0.3, -0.25) is 0 Å². The van der Waals surface area contributed by atoms with Crippen molar-refractivity contribution in [2.24, 2.45) is 0 Å². The summed E-state index contributed by atoms with van der Waals surface area (Å²) in [5.74, 6) is 1.84. The second-order valence-electron chi connectivity index (χ2n) is 6.58. The molecule has 0 unspecified atom stereocenters. The lowest BCUT2D eigenvalue weighted by Crippen LogP contribution is -2.59. The summed E-state index contributed by atoms with van der Waals surface area (Å²) in [5, 5.41) is 13.1. The Labute approximate surface area is 135 Å². The minimum atomic E-state index is -0.201. The number of aromatic nitrogens is 4. The van der Waals surface area contributed by atoms with Crippen LogP contribution in [0.3, 0.4) is 0 Å². The van der Waals surface area contributed by atoms with E-state index in [0.29, 0.717) is 6.61 Å². The summed E-state index contributed by atoms with van der Waals surface area (Å²) in [6.07, 6.45) is 3.07. The van der Waals surface area contributed by atoms with Gasteiger partial charge in [0.1, 0.15) is 11.4 Å². The highest BCUT2D eigenvalue weighted by molar-refractivity contribution is 5.46. The molecule has 2 fully saturated rings. The molecule has 0 radical (unpaired) electrons. The van der Waals surface area contributed by atoms with E-state index in [1.54, 1.807) is 0 Å². The average Bonchev–Trinajstić information content (AvgIpc) is 2.97. The lowest BCUT2D eigenvalue weighted by Gasteiger charge is -2.47. The van der Waals surface area contributed by atoms with Crippen molar-refractivity contribution in [3.05, 3.63) is 18.0 Å². The van der Waals surface area contributed by atoms with Crippen molar-refractivity contribution in [1.29, 1.82) is 0 Å². The topological polar surface area (TPSA) is 64.8 Å². The van der Waals surface area contributed by atoms with Crippen LogP contribution in [0.4, 0.5) is 5.82 Å². The molecule has 23 heavy (non-hydrogen) atoms. The van der Waals surface area contributed by atoms with Gasteiger partial charge in [-0.1, -0.05) is 6.92 Å². The van der Waals surface area contributed by atoms with Crippen LogP contribution in [-0.4, -0.2) is 57.8 Å². The molecule has 2 aromatic rings. The van der Waals surface area contributed by atoms with E-state index in [2.05, 4.69) is 28.9 Å². The Morgan fingerprint density at radius 3 is 3.04 bits per heavy atom. The maximum atomic E-state index is 6.26. The van der Waals surface area contributed by atoms with Crippen molar-refractivity contribution in [2.45, 2.75) is 44.8 Å². The average molecular weight is 317 g/mol. The van der Waals surface area contributed by atoms with E-state index in [9.17, 15) is 0 Å². The summed E-state index contributed by atoms with van der Waals surface area (Å²) in [6.45, 7) is 7.35. The molecule has 2 atom stereocenters. The number of rotatable bonds is 2. The third kappa shape index (κ3) is 2.68. The zero-order valence-electron chi connectivity index (χ0n) is 13.7. The quantitative estimate of drug-likeness (QED) is 0.835. The molecular weight excluding hydrogens is 294 g/mol. The first-order chi connectivity index (χ1) is 11.2. The van der Waals surface area contributed by atoms with Crippen LogP contribution >= 0.6 is 0 Å². The number of nitrogens with zero attached hydrogens (tertiary/aromatic N) is 5. The number of fused-ring (bicyclic) bond motifs is 1. The molecule has 0 amide bonds. The summed E-state index contributed by atoms with van der Waals surface area (Å²) >= 11 is 0. The molecule has 4 rings (SSSR count). The van der Waals surface area contributed by atoms with E-state index in [0.717, 1.165) is 56.2 Å². The molecule has 2 saturated heterocycles. The summed E-state index contributed by atoms with van der Waals surface area (Å²) in [7, 11) is 0. The number of anilines is 1. The number of aryl methyl sites for hydroxylation is 1. The van der Waals surface area contributed by atoms with E-state index in [1.165, 1.54) is 0 Å². The van der Waals surface area contributed by atoms with Crippen molar-refractivity contribution < 1.29 is 9.47 Å². The number of hydrogen-bond donors (Lipinski definition) is 0. The summed E-state index contributed by atoms with van der Waals surface area (Å²) in [6, 6.07) is 4.01. The molecule has 2 aromatic heterocycles. The predicted molar refractivity (Wildman–Crippen MR) is 85.7 cm³/mol. The number of hydrogen-bond acceptors (Lipinski definition) is 6. The molecule has 2 aliphatic heterocycles. The number of ether oxygens (including phenoxy) is 2. The van der Waals surface area contributed by atoms with Crippen LogP contribution < -0.4 is 4.90 Å². The van der Waals surface area contributed by atoms with E-state index in [-0.39, 0.29) is 11.7 Å². The molecule has 2 aliphatic rings. The van der Waals surface area contributed by atoms with Gasteiger partial charge < -0.3 is 14.4 Å². The van der Waals surface area contributed by atoms with Crippen LogP contribution in [-0.2, 0) is 15.9 Å². The second-order valence-corrected chi connectivity index (χ2v) is 6.58. The van der Waals surface area contributed by atoms with Crippen LogP contribution in [0.25, 0.3) is 5.65 Å². The number of morpholine rings is 1. The molecule has 1 spiro atoms. The zero-order chi connectivity index (χ0) is 15.9. The largest absolute Gasteiger partial charge is 0.378 e. The third-order valence-electron chi connectivity index (χ3n) is 4.65. The van der Waals surface area contributed by atoms with Crippen molar-refractivity contribution in [1.82, 2.24) is 19.8 Å². The minimum absolute atomic E-state index is 0.162. The molecule has 4 heterocycles. The summed E-state index contributed by atoms with van der Waals surface area (Å²) in [4.78, 5) is 2.31. The Balaban J connectivity index is 1.65. The van der Waals surface area contributed by atoms with Gasteiger partial charge in [-0.25, -0.2) is 0 Å². The molecule has 124 valence electrons.